The first-order chi connectivity index (χ1) is 10.0. The van der Waals surface area contributed by atoms with Crippen LogP contribution in [-0.4, -0.2) is 22.7 Å². The van der Waals surface area contributed by atoms with Crippen molar-refractivity contribution in [2.24, 2.45) is 0 Å². The lowest BCUT2D eigenvalue weighted by atomic mass is 10.1. The quantitative estimate of drug-likeness (QED) is 0.852. The lowest BCUT2D eigenvalue weighted by Gasteiger charge is -2.14. The molecule has 2 aromatic heterocycles. The second kappa shape index (κ2) is 6.39. The third kappa shape index (κ3) is 3.39. The van der Waals surface area contributed by atoms with E-state index in [0.29, 0.717) is 18.0 Å². The maximum Gasteiger partial charge on any atom is 0.339 e. The summed E-state index contributed by atoms with van der Waals surface area (Å²) >= 11 is 0. The average Bonchev–Trinajstić information content (AvgIpc) is 2.79. The molecule has 0 radical (unpaired) electrons. The molecule has 2 heterocycles. The first-order valence-corrected chi connectivity index (χ1v) is 6.85. The summed E-state index contributed by atoms with van der Waals surface area (Å²) in [6.07, 6.45) is 1.50. The van der Waals surface area contributed by atoms with Gasteiger partial charge in [0.15, 0.2) is 0 Å². The standard InChI is InChI=1S/C15H19N3O3/c1-5-20-15(19)12-6-7-13(16-8-12)17-9(2)14-10(3)18-21-11(14)4/h6-9H,5H2,1-4H3,(H,16,17). The fourth-order valence-electron chi connectivity index (χ4n) is 2.22. The van der Waals surface area contributed by atoms with Gasteiger partial charge in [-0.3, -0.25) is 0 Å². The summed E-state index contributed by atoms with van der Waals surface area (Å²) < 4.78 is 10.1. The third-order valence-electron chi connectivity index (χ3n) is 3.16. The van der Waals surface area contributed by atoms with Crippen molar-refractivity contribution in [3.63, 3.8) is 0 Å². The number of nitrogens with one attached hydrogen (secondary N) is 1. The van der Waals surface area contributed by atoms with Crippen LogP contribution in [0.25, 0.3) is 0 Å². The van der Waals surface area contributed by atoms with Gasteiger partial charge in [-0.05, 0) is 39.8 Å². The number of carbonyl (C=O) groups excluding carboxylic acids is 1. The molecule has 0 amide bonds. The van der Waals surface area contributed by atoms with E-state index in [9.17, 15) is 4.79 Å². The molecule has 2 rings (SSSR count). The van der Waals surface area contributed by atoms with Gasteiger partial charge in [-0.15, -0.1) is 0 Å². The highest BCUT2D eigenvalue weighted by Crippen LogP contribution is 2.24. The minimum absolute atomic E-state index is 0.0113. The fourth-order valence-corrected chi connectivity index (χ4v) is 2.22. The van der Waals surface area contributed by atoms with E-state index in [4.69, 9.17) is 9.26 Å². The Labute approximate surface area is 123 Å². The lowest BCUT2D eigenvalue weighted by Crippen LogP contribution is -2.10. The number of rotatable bonds is 5. The number of carbonyl (C=O) groups is 1. The molecule has 0 aliphatic rings. The summed E-state index contributed by atoms with van der Waals surface area (Å²) in [5.41, 5.74) is 2.31. The molecule has 2 aromatic rings. The molecule has 6 heteroatoms. The number of hydrogen-bond acceptors (Lipinski definition) is 6. The van der Waals surface area contributed by atoms with Gasteiger partial charge in [0.1, 0.15) is 11.6 Å². The van der Waals surface area contributed by atoms with Crippen molar-refractivity contribution in [1.29, 1.82) is 0 Å². The van der Waals surface area contributed by atoms with Crippen molar-refractivity contribution in [3.05, 3.63) is 40.9 Å². The first-order valence-electron chi connectivity index (χ1n) is 6.85. The zero-order chi connectivity index (χ0) is 15.4. The summed E-state index contributed by atoms with van der Waals surface area (Å²) in [5.74, 6) is 1.10. The van der Waals surface area contributed by atoms with Gasteiger partial charge in [0.2, 0.25) is 0 Å². The number of hydrogen-bond donors (Lipinski definition) is 1. The third-order valence-corrected chi connectivity index (χ3v) is 3.16. The first kappa shape index (κ1) is 15.0. The number of anilines is 1. The SMILES string of the molecule is CCOC(=O)c1ccc(NC(C)c2c(C)noc2C)nc1. The Morgan fingerprint density at radius 3 is 2.71 bits per heavy atom. The largest absolute Gasteiger partial charge is 0.462 e. The maximum absolute atomic E-state index is 11.6. The Bertz CT molecular complexity index is 600. The highest BCUT2D eigenvalue weighted by Gasteiger charge is 2.16. The summed E-state index contributed by atoms with van der Waals surface area (Å²) in [6.45, 7) is 7.91. The Morgan fingerprint density at radius 2 is 2.19 bits per heavy atom. The van der Waals surface area contributed by atoms with Gasteiger partial charge in [0, 0.05) is 11.8 Å². The molecule has 0 fully saturated rings. The fraction of sp³-hybridized carbons (Fsp3) is 0.400. The van der Waals surface area contributed by atoms with Gasteiger partial charge in [-0.25, -0.2) is 9.78 Å². The van der Waals surface area contributed by atoms with E-state index in [2.05, 4.69) is 15.5 Å². The van der Waals surface area contributed by atoms with Crippen LogP contribution in [0.5, 0.6) is 0 Å². The molecule has 0 saturated heterocycles. The molecule has 6 nitrogen and oxygen atoms in total. The molecule has 21 heavy (non-hydrogen) atoms. The van der Waals surface area contributed by atoms with E-state index >= 15 is 0 Å². The molecular formula is C15H19N3O3. The van der Waals surface area contributed by atoms with Crippen molar-refractivity contribution < 1.29 is 14.1 Å². The van der Waals surface area contributed by atoms with Crippen LogP contribution in [0, 0.1) is 13.8 Å². The second-order valence-corrected chi connectivity index (χ2v) is 4.76. The minimum atomic E-state index is -0.365. The van der Waals surface area contributed by atoms with Gasteiger partial charge in [-0.1, -0.05) is 5.16 Å². The number of nitrogens with zero attached hydrogens (tertiary/aromatic N) is 2. The predicted octanol–water partition coefficient (Wildman–Crippen LogP) is 3.04. The Morgan fingerprint density at radius 1 is 1.43 bits per heavy atom. The molecule has 1 atom stereocenters. The topological polar surface area (TPSA) is 77.2 Å². The smallest absolute Gasteiger partial charge is 0.339 e. The van der Waals surface area contributed by atoms with E-state index < -0.39 is 0 Å². The van der Waals surface area contributed by atoms with Crippen molar-refractivity contribution in [2.45, 2.75) is 33.7 Å². The van der Waals surface area contributed by atoms with Crippen LogP contribution in [0.1, 0.15) is 47.3 Å². The normalized spacial score (nSPS) is 12.0. The number of esters is 1. The number of ether oxygens (including phenoxy) is 1. The summed E-state index contributed by atoms with van der Waals surface area (Å²) in [4.78, 5) is 15.8. The van der Waals surface area contributed by atoms with E-state index in [1.54, 1.807) is 19.1 Å². The zero-order valence-electron chi connectivity index (χ0n) is 12.6. The molecule has 0 aliphatic heterocycles. The van der Waals surface area contributed by atoms with Crippen LogP contribution in [0.2, 0.25) is 0 Å². The Hall–Kier alpha value is -2.37. The van der Waals surface area contributed by atoms with E-state index in [1.807, 2.05) is 20.8 Å². The lowest BCUT2D eigenvalue weighted by molar-refractivity contribution is 0.0526. The minimum Gasteiger partial charge on any atom is -0.462 e. The van der Waals surface area contributed by atoms with Crippen LogP contribution in [0.4, 0.5) is 5.82 Å². The maximum atomic E-state index is 11.6. The molecule has 1 N–H and O–H groups in total. The molecule has 0 spiro atoms. The van der Waals surface area contributed by atoms with Crippen LogP contribution >= 0.6 is 0 Å². The highest BCUT2D eigenvalue weighted by atomic mass is 16.5. The Kier molecular flexibility index (Phi) is 4.57. The highest BCUT2D eigenvalue weighted by molar-refractivity contribution is 5.89. The molecule has 0 saturated carbocycles. The molecular weight excluding hydrogens is 270 g/mol. The van der Waals surface area contributed by atoms with Crippen LogP contribution in [0.15, 0.2) is 22.9 Å². The van der Waals surface area contributed by atoms with Crippen molar-refractivity contribution in [3.8, 4) is 0 Å². The van der Waals surface area contributed by atoms with Crippen molar-refractivity contribution in [2.75, 3.05) is 11.9 Å². The van der Waals surface area contributed by atoms with Crippen LogP contribution in [-0.2, 0) is 4.74 Å². The molecule has 112 valence electrons. The van der Waals surface area contributed by atoms with Gasteiger partial charge < -0.3 is 14.6 Å². The van der Waals surface area contributed by atoms with Crippen LogP contribution < -0.4 is 5.32 Å². The van der Waals surface area contributed by atoms with E-state index in [0.717, 1.165) is 17.0 Å². The molecule has 1 unspecified atom stereocenters. The molecule has 0 aliphatic carbocycles. The summed E-state index contributed by atoms with van der Waals surface area (Å²) in [7, 11) is 0. The van der Waals surface area contributed by atoms with Gasteiger partial charge in [-0.2, -0.15) is 0 Å². The monoisotopic (exact) mass is 289 g/mol. The summed E-state index contributed by atoms with van der Waals surface area (Å²) in [6, 6.07) is 3.45. The second-order valence-electron chi connectivity index (χ2n) is 4.76. The summed E-state index contributed by atoms with van der Waals surface area (Å²) in [5, 5.41) is 7.20. The molecule has 0 aromatic carbocycles. The van der Waals surface area contributed by atoms with Crippen LogP contribution in [0.3, 0.4) is 0 Å². The number of aromatic nitrogens is 2. The van der Waals surface area contributed by atoms with Gasteiger partial charge in [0.25, 0.3) is 0 Å². The molecule has 0 bridgehead atoms. The zero-order valence-corrected chi connectivity index (χ0v) is 12.6. The van der Waals surface area contributed by atoms with Gasteiger partial charge >= 0.3 is 5.97 Å². The van der Waals surface area contributed by atoms with Crippen molar-refractivity contribution >= 4 is 11.8 Å². The Balaban J connectivity index is 2.08. The predicted molar refractivity (Wildman–Crippen MR) is 78.2 cm³/mol. The van der Waals surface area contributed by atoms with Crippen molar-refractivity contribution in [1.82, 2.24) is 10.1 Å². The van der Waals surface area contributed by atoms with E-state index in [-0.39, 0.29) is 12.0 Å². The number of pyridine rings is 1. The number of aryl methyl sites for hydroxylation is 2. The van der Waals surface area contributed by atoms with Gasteiger partial charge in [0.05, 0.1) is 23.9 Å². The average molecular weight is 289 g/mol. The van der Waals surface area contributed by atoms with E-state index in [1.165, 1.54) is 6.20 Å².